The summed E-state index contributed by atoms with van der Waals surface area (Å²) in [4.78, 5) is 10.6. The lowest BCUT2D eigenvalue weighted by atomic mass is 9.98. The molecule has 0 saturated heterocycles. The van der Waals surface area contributed by atoms with E-state index in [1.54, 1.807) is 6.07 Å². The Morgan fingerprint density at radius 1 is 1.29 bits per heavy atom. The first-order valence-corrected chi connectivity index (χ1v) is 5.56. The molecule has 0 amide bonds. The molecule has 1 aromatic rings. The van der Waals surface area contributed by atoms with Gasteiger partial charge in [-0.05, 0) is 29.7 Å². The maximum Gasteiger partial charge on any atom is 0.307 e. The number of aryl methyl sites for hydroxylation is 1. The molecule has 0 aliphatic carbocycles. The fourth-order valence-corrected chi connectivity index (χ4v) is 1.73. The smallest absolute Gasteiger partial charge is 0.307 e. The van der Waals surface area contributed by atoms with Crippen molar-refractivity contribution in [3.63, 3.8) is 0 Å². The molecule has 17 heavy (non-hydrogen) atoms. The van der Waals surface area contributed by atoms with Crippen molar-refractivity contribution in [2.24, 2.45) is 0 Å². The summed E-state index contributed by atoms with van der Waals surface area (Å²) in [5.74, 6) is -3.94. The SMILES string of the molecule is CCCc1cc(CC(=O)O)cc(C(C)(F)F)c1. The predicted molar refractivity (Wildman–Crippen MR) is 61.3 cm³/mol. The van der Waals surface area contributed by atoms with Crippen molar-refractivity contribution in [2.45, 2.75) is 39.0 Å². The molecule has 0 heterocycles. The fourth-order valence-electron chi connectivity index (χ4n) is 1.73. The summed E-state index contributed by atoms with van der Waals surface area (Å²) in [6.45, 7) is 2.77. The van der Waals surface area contributed by atoms with E-state index in [-0.39, 0.29) is 12.0 Å². The summed E-state index contributed by atoms with van der Waals surface area (Å²) >= 11 is 0. The second-order valence-electron chi connectivity index (χ2n) is 4.25. The molecule has 0 radical (unpaired) electrons. The number of halogens is 2. The van der Waals surface area contributed by atoms with Gasteiger partial charge in [0, 0.05) is 12.5 Å². The van der Waals surface area contributed by atoms with Crippen LogP contribution in [0.1, 0.15) is 37.0 Å². The zero-order valence-electron chi connectivity index (χ0n) is 9.96. The van der Waals surface area contributed by atoms with Crippen molar-refractivity contribution in [3.8, 4) is 0 Å². The molecule has 0 bridgehead atoms. The predicted octanol–water partition coefficient (Wildman–Crippen LogP) is 3.38. The van der Waals surface area contributed by atoms with Crippen molar-refractivity contribution in [1.82, 2.24) is 0 Å². The molecule has 0 fully saturated rings. The standard InChI is InChI=1S/C13H16F2O2/c1-3-4-9-5-10(8-12(16)17)7-11(6-9)13(2,14)15/h5-7H,3-4,8H2,1-2H3,(H,16,17). The van der Waals surface area contributed by atoms with Gasteiger partial charge < -0.3 is 5.11 Å². The van der Waals surface area contributed by atoms with Crippen LogP contribution in [0.2, 0.25) is 0 Å². The average Bonchev–Trinajstić information content (AvgIpc) is 2.15. The van der Waals surface area contributed by atoms with E-state index in [0.29, 0.717) is 12.0 Å². The molecule has 0 saturated carbocycles. The van der Waals surface area contributed by atoms with Crippen molar-refractivity contribution >= 4 is 5.97 Å². The zero-order chi connectivity index (χ0) is 13.1. The van der Waals surface area contributed by atoms with E-state index >= 15 is 0 Å². The van der Waals surface area contributed by atoms with Gasteiger partial charge >= 0.3 is 5.97 Å². The molecule has 0 unspecified atom stereocenters. The van der Waals surface area contributed by atoms with E-state index < -0.39 is 11.9 Å². The number of hydrogen-bond acceptors (Lipinski definition) is 1. The minimum absolute atomic E-state index is 0.111. The number of benzene rings is 1. The molecule has 4 heteroatoms. The lowest BCUT2D eigenvalue weighted by Crippen LogP contribution is -2.10. The highest BCUT2D eigenvalue weighted by Crippen LogP contribution is 2.29. The lowest BCUT2D eigenvalue weighted by Gasteiger charge is -2.14. The Hall–Kier alpha value is -1.45. The van der Waals surface area contributed by atoms with E-state index in [1.807, 2.05) is 6.92 Å². The minimum atomic E-state index is -2.93. The second kappa shape index (κ2) is 5.25. The third kappa shape index (κ3) is 4.13. The largest absolute Gasteiger partial charge is 0.481 e. The summed E-state index contributed by atoms with van der Waals surface area (Å²) in [5, 5.41) is 8.69. The first kappa shape index (κ1) is 13.6. The maximum absolute atomic E-state index is 13.2. The summed E-state index contributed by atoms with van der Waals surface area (Å²) in [7, 11) is 0. The zero-order valence-corrected chi connectivity index (χ0v) is 9.96. The third-order valence-electron chi connectivity index (χ3n) is 2.45. The van der Waals surface area contributed by atoms with Crippen LogP contribution in [-0.4, -0.2) is 11.1 Å². The first-order chi connectivity index (χ1) is 7.82. The van der Waals surface area contributed by atoms with Gasteiger partial charge in [-0.2, -0.15) is 0 Å². The second-order valence-corrected chi connectivity index (χ2v) is 4.25. The average molecular weight is 242 g/mol. The van der Waals surface area contributed by atoms with Gasteiger partial charge in [-0.25, -0.2) is 8.78 Å². The van der Waals surface area contributed by atoms with Gasteiger partial charge in [0.15, 0.2) is 0 Å². The van der Waals surface area contributed by atoms with Gasteiger partial charge in [-0.3, -0.25) is 4.79 Å². The molecule has 94 valence electrons. The lowest BCUT2D eigenvalue weighted by molar-refractivity contribution is -0.136. The van der Waals surface area contributed by atoms with E-state index in [9.17, 15) is 13.6 Å². The van der Waals surface area contributed by atoms with Gasteiger partial charge in [-0.15, -0.1) is 0 Å². The topological polar surface area (TPSA) is 37.3 Å². The van der Waals surface area contributed by atoms with Crippen molar-refractivity contribution < 1.29 is 18.7 Å². The molecular formula is C13H16F2O2. The molecule has 1 aromatic carbocycles. The quantitative estimate of drug-likeness (QED) is 0.859. The van der Waals surface area contributed by atoms with Crippen LogP contribution in [0.3, 0.4) is 0 Å². The minimum Gasteiger partial charge on any atom is -0.481 e. The number of alkyl halides is 2. The van der Waals surface area contributed by atoms with Crippen LogP contribution < -0.4 is 0 Å². The van der Waals surface area contributed by atoms with Crippen LogP contribution in [-0.2, 0) is 23.6 Å². The number of rotatable bonds is 5. The number of aliphatic carboxylic acids is 1. The Morgan fingerprint density at radius 3 is 2.35 bits per heavy atom. The molecule has 0 aromatic heterocycles. The van der Waals surface area contributed by atoms with E-state index in [2.05, 4.69) is 0 Å². The Labute approximate surface area is 99.3 Å². The summed E-state index contributed by atoms with van der Waals surface area (Å²) in [5.41, 5.74) is 1.09. The van der Waals surface area contributed by atoms with Crippen molar-refractivity contribution in [1.29, 1.82) is 0 Å². The normalized spacial score (nSPS) is 11.5. The van der Waals surface area contributed by atoms with Crippen LogP contribution >= 0.6 is 0 Å². The number of carbonyl (C=O) groups is 1. The van der Waals surface area contributed by atoms with Crippen LogP contribution in [0, 0.1) is 0 Å². The van der Waals surface area contributed by atoms with Gasteiger partial charge in [0.2, 0.25) is 0 Å². The molecule has 0 aliphatic heterocycles. The van der Waals surface area contributed by atoms with Crippen molar-refractivity contribution in [2.75, 3.05) is 0 Å². The summed E-state index contributed by atoms with van der Waals surface area (Å²) in [6.07, 6.45) is 1.29. The Bertz CT molecular complexity index is 408. The van der Waals surface area contributed by atoms with Crippen molar-refractivity contribution in [3.05, 3.63) is 34.9 Å². The number of hydrogen-bond donors (Lipinski definition) is 1. The van der Waals surface area contributed by atoms with E-state index in [4.69, 9.17) is 5.11 Å². The fraction of sp³-hybridized carbons (Fsp3) is 0.462. The van der Waals surface area contributed by atoms with E-state index in [0.717, 1.165) is 18.9 Å². The summed E-state index contributed by atoms with van der Waals surface area (Å²) in [6, 6.07) is 4.41. The van der Waals surface area contributed by atoms with Gasteiger partial charge in [0.25, 0.3) is 5.92 Å². The number of carboxylic acids is 1. The van der Waals surface area contributed by atoms with Crippen LogP contribution in [0.15, 0.2) is 18.2 Å². The van der Waals surface area contributed by atoms with Gasteiger partial charge in [-0.1, -0.05) is 19.4 Å². The molecule has 0 atom stereocenters. The highest BCUT2D eigenvalue weighted by Gasteiger charge is 2.25. The first-order valence-electron chi connectivity index (χ1n) is 5.56. The third-order valence-corrected chi connectivity index (χ3v) is 2.45. The molecule has 0 spiro atoms. The van der Waals surface area contributed by atoms with Gasteiger partial charge in [0.1, 0.15) is 0 Å². The highest BCUT2D eigenvalue weighted by molar-refractivity contribution is 5.70. The summed E-state index contributed by atoms with van der Waals surface area (Å²) < 4.78 is 26.5. The Balaban J connectivity index is 3.14. The molecule has 0 aliphatic rings. The maximum atomic E-state index is 13.2. The monoisotopic (exact) mass is 242 g/mol. The van der Waals surface area contributed by atoms with E-state index in [1.165, 1.54) is 12.1 Å². The molecular weight excluding hydrogens is 226 g/mol. The number of carboxylic acid groups (broad SMARTS) is 1. The highest BCUT2D eigenvalue weighted by atomic mass is 19.3. The van der Waals surface area contributed by atoms with Crippen LogP contribution in [0.4, 0.5) is 8.78 Å². The Morgan fingerprint density at radius 2 is 1.88 bits per heavy atom. The van der Waals surface area contributed by atoms with Crippen LogP contribution in [0.25, 0.3) is 0 Å². The Kier molecular flexibility index (Phi) is 4.21. The molecule has 1 rings (SSSR count). The molecule has 1 N–H and O–H groups in total. The van der Waals surface area contributed by atoms with Crippen LogP contribution in [0.5, 0.6) is 0 Å². The van der Waals surface area contributed by atoms with Gasteiger partial charge in [0.05, 0.1) is 6.42 Å². The molecule has 2 nitrogen and oxygen atoms in total.